The molecule has 1 aliphatic rings. The van der Waals surface area contributed by atoms with Crippen LogP contribution in [0.15, 0.2) is 83.2 Å². The summed E-state index contributed by atoms with van der Waals surface area (Å²) in [4.78, 5) is 34.9. The Hall–Kier alpha value is -4.69. The summed E-state index contributed by atoms with van der Waals surface area (Å²) in [5.74, 6) is 0.0986. The lowest BCUT2D eigenvalue weighted by atomic mass is 10.0. The quantitative estimate of drug-likeness (QED) is 0.176. The fourth-order valence-corrected chi connectivity index (χ4v) is 5.22. The molecule has 0 bridgehead atoms. The number of halogens is 4. The van der Waals surface area contributed by atoms with E-state index in [1.54, 1.807) is 36.4 Å². The van der Waals surface area contributed by atoms with Gasteiger partial charge in [-0.25, -0.2) is 19.9 Å². The Morgan fingerprint density at radius 2 is 1.84 bits per heavy atom. The molecule has 0 saturated carbocycles. The molecular formula is C29H23ClF3N7O3S. The first kappa shape index (κ1) is 30.8. The zero-order valence-electron chi connectivity index (χ0n) is 23.1. The number of thioether (sulfide) groups is 1. The van der Waals surface area contributed by atoms with Gasteiger partial charge in [0.2, 0.25) is 5.91 Å². The monoisotopic (exact) mass is 641 g/mol. The highest BCUT2D eigenvalue weighted by Gasteiger charge is 2.33. The molecule has 2 heterocycles. The number of alkyl halides is 3. The van der Waals surface area contributed by atoms with Crippen molar-refractivity contribution in [2.24, 2.45) is 10.1 Å². The van der Waals surface area contributed by atoms with Crippen LogP contribution in [0.2, 0.25) is 5.02 Å². The summed E-state index contributed by atoms with van der Waals surface area (Å²) in [7, 11) is 0. The normalized spacial score (nSPS) is 14.7. The third-order valence-corrected chi connectivity index (χ3v) is 7.35. The van der Waals surface area contributed by atoms with Gasteiger partial charge in [0.25, 0.3) is 0 Å². The van der Waals surface area contributed by atoms with E-state index in [2.05, 4.69) is 30.3 Å². The van der Waals surface area contributed by atoms with Crippen LogP contribution in [0.1, 0.15) is 30.9 Å². The zero-order chi connectivity index (χ0) is 31.4. The lowest BCUT2D eigenvalue weighted by Gasteiger charge is -2.21. The van der Waals surface area contributed by atoms with Crippen LogP contribution in [0.3, 0.4) is 0 Å². The molecule has 1 N–H and O–H groups in total. The molecule has 3 amide bonds. The van der Waals surface area contributed by atoms with Crippen LogP contribution < -0.4 is 15.1 Å². The first-order chi connectivity index (χ1) is 21.0. The number of anilines is 1. The molecule has 0 radical (unpaired) electrons. The van der Waals surface area contributed by atoms with Gasteiger partial charge in [0, 0.05) is 10.6 Å². The summed E-state index contributed by atoms with van der Waals surface area (Å²) >= 11 is 7.35. The van der Waals surface area contributed by atoms with E-state index in [4.69, 9.17) is 11.6 Å². The van der Waals surface area contributed by atoms with Gasteiger partial charge < -0.3 is 4.74 Å². The third-order valence-electron chi connectivity index (χ3n) is 6.19. The fourth-order valence-electron chi connectivity index (χ4n) is 4.19. The molecule has 10 nitrogen and oxygen atoms in total. The van der Waals surface area contributed by atoms with Crippen molar-refractivity contribution in [3.05, 3.63) is 89.2 Å². The second-order valence-electron chi connectivity index (χ2n) is 9.62. The summed E-state index contributed by atoms with van der Waals surface area (Å²) < 4.78 is 42.5. The average Bonchev–Trinajstić information content (AvgIpc) is 3.60. The summed E-state index contributed by atoms with van der Waals surface area (Å²) in [6.07, 6.45) is -1.90. The van der Waals surface area contributed by atoms with E-state index in [1.807, 2.05) is 19.9 Å². The van der Waals surface area contributed by atoms with Crippen molar-refractivity contribution in [1.29, 1.82) is 0 Å². The van der Waals surface area contributed by atoms with Crippen LogP contribution in [-0.4, -0.2) is 50.2 Å². The summed E-state index contributed by atoms with van der Waals surface area (Å²) in [5.41, 5.74) is 5.67. The van der Waals surface area contributed by atoms with E-state index >= 15 is 0 Å². The number of hydrogen-bond acceptors (Lipinski definition) is 7. The Bertz CT molecular complexity index is 1740. The maximum Gasteiger partial charge on any atom is 0.573 e. The van der Waals surface area contributed by atoms with E-state index in [-0.39, 0.29) is 28.5 Å². The number of nitrogens with one attached hydrogen (secondary N) is 1. The first-order valence-corrected chi connectivity index (χ1v) is 14.4. The van der Waals surface area contributed by atoms with Crippen LogP contribution in [0.5, 0.6) is 5.75 Å². The SMILES string of the molecule is CC(C)c1ccc(Cl)cc1N1C(=O)CSC1=NC(=O)N/N=C/c1ccc(-c2ncn(-c3ccc(OC(F)(F)F)cc3)n2)cc1. The molecule has 0 aliphatic carbocycles. The van der Waals surface area contributed by atoms with E-state index < -0.39 is 12.4 Å². The van der Waals surface area contributed by atoms with Gasteiger partial charge in [-0.05, 0) is 53.4 Å². The standard InChI is InChI=1S/C29H23ClF3N7O3S/c1-17(2)23-12-7-20(30)13-24(23)40-25(41)15-44-28(40)36-27(42)37-35-14-18-3-5-19(6-4-18)26-34-16-39(38-26)21-8-10-22(11-9-21)43-29(31,32)33/h3-14,16-17H,15H2,1-2H3,(H,37,42)/b35-14+,36-28?. The first-order valence-electron chi connectivity index (χ1n) is 13.0. The highest BCUT2D eigenvalue weighted by molar-refractivity contribution is 8.15. The van der Waals surface area contributed by atoms with Gasteiger partial charge in [0.1, 0.15) is 12.1 Å². The molecule has 1 fully saturated rings. The number of benzene rings is 3. The number of hydrogen-bond donors (Lipinski definition) is 1. The van der Waals surface area contributed by atoms with Crippen LogP contribution in [0, 0.1) is 0 Å². The maximum atomic E-state index is 12.7. The molecule has 4 aromatic rings. The number of carbonyl (C=O) groups excluding carboxylic acids is 2. The molecule has 3 aromatic carbocycles. The van der Waals surface area contributed by atoms with Crippen LogP contribution >= 0.6 is 23.4 Å². The topological polar surface area (TPSA) is 114 Å². The van der Waals surface area contributed by atoms with E-state index in [1.165, 1.54) is 46.4 Å². The fraction of sp³-hybridized carbons (Fsp3) is 0.172. The van der Waals surface area contributed by atoms with Gasteiger partial charge in [-0.15, -0.1) is 18.3 Å². The maximum absolute atomic E-state index is 12.7. The largest absolute Gasteiger partial charge is 0.573 e. The molecule has 0 unspecified atom stereocenters. The number of aromatic nitrogens is 3. The van der Waals surface area contributed by atoms with Gasteiger partial charge >= 0.3 is 12.4 Å². The van der Waals surface area contributed by atoms with Crippen molar-refractivity contribution < 1.29 is 27.5 Å². The number of rotatable bonds is 7. The lowest BCUT2D eigenvalue weighted by molar-refractivity contribution is -0.274. The van der Waals surface area contributed by atoms with Gasteiger partial charge in [-0.3, -0.25) is 9.69 Å². The highest BCUT2D eigenvalue weighted by atomic mass is 35.5. The van der Waals surface area contributed by atoms with Gasteiger partial charge in [-0.2, -0.15) is 10.1 Å². The molecule has 226 valence electrons. The summed E-state index contributed by atoms with van der Waals surface area (Å²) in [6, 6.07) is 16.8. The van der Waals surface area contributed by atoms with E-state index in [9.17, 15) is 22.8 Å². The number of nitrogens with zero attached hydrogens (tertiary/aromatic N) is 6. The number of carbonyl (C=O) groups is 2. The van der Waals surface area contributed by atoms with Crippen LogP contribution in [0.4, 0.5) is 23.7 Å². The number of hydrazone groups is 1. The molecule has 0 spiro atoms. The minimum absolute atomic E-state index is 0.112. The van der Waals surface area contributed by atoms with Gasteiger partial charge in [0.15, 0.2) is 11.0 Å². The van der Waals surface area contributed by atoms with Crippen molar-refractivity contribution in [3.8, 4) is 22.8 Å². The van der Waals surface area contributed by atoms with Crippen LogP contribution in [-0.2, 0) is 4.79 Å². The molecule has 1 saturated heterocycles. The van der Waals surface area contributed by atoms with Crippen molar-refractivity contribution >= 4 is 52.4 Å². The molecule has 1 aromatic heterocycles. The van der Waals surface area contributed by atoms with Crippen molar-refractivity contribution in [3.63, 3.8) is 0 Å². The Labute approximate surface area is 258 Å². The Kier molecular flexibility index (Phi) is 9.01. The smallest absolute Gasteiger partial charge is 0.406 e. The van der Waals surface area contributed by atoms with Gasteiger partial charge in [0.05, 0.1) is 23.3 Å². The van der Waals surface area contributed by atoms with Crippen molar-refractivity contribution in [1.82, 2.24) is 20.2 Å². The highest BCUT2D eigenvalue weighted by Crippen LogP contribution is 2.35. The number of ether oxygens (including phenoxy) is 1. The van der Waals surface area contributed by atoms with E-state index in [0.717, 1.165) is 17.3 Å². The second kappa shape index (κ2) is 12.9. The van der Waals surface area contributed by atoms with Crippen molar-refractivity contribution in [2.75, 3.05) is 10.7 Å². The molecule has 5 rings (SSSR count). The number of amidine groups is 1. The molecule has 1 aliphatic heterocycles. The Balaban J connectivity index is 1.21. The number of aliphatic imine (C=N–C) groups is 1. The molecular weight excluding hydrogens is 619 g/mol. The molecule has 0 atom stereocenters. The average molecular weight is 642 g/mol. The third kappa shape index (κ3) is 7.44. The minimum Gasteiger partial charge on any atom is -0.406 e. The van der Waals surface area contributed by atoms with Gasteiger partial charge in [-0.1, -0.05) is 67.5 Å². The Morgan fingerprint density at radius 3 is 2.52 bits per heavy atom. The zero-order valence-corrected chi connectivity index (χ0v) is 24.7. The molecule has 15 heteroatoms. The second-order valence-corrected chi connectivity index (χ2v) is 11.0. The molecule has 44 heavy (non-hydrogen) atoms. The van der Waals surface area contributed by atoms with Crippen molar-refractivity contribution in [2.45, 2.75) is 26.1 Å². The predicted octanol–water partition coefficient (Wildman–Crippen LogP) is 6.79. The predicted molar refractivity (Wildman–Crippen MR) is 163 cm³/mol. The number of amides is 3. The van der Waals surface area contributed by atoms with Crippen LogP contribution in [0.25, 0.3) is 17.1 Å². The number of urea groups is 1. The lowest BCUT2D eigenvalue weighted by Crippen LogP contribution is -2.31. The van der Waals surface area contributed by atoms with E-state index in [0.29, 0.717) is 33.3 Å². The summed E-state index contributed by atoms with van der Waals surface area (Å²) in [5, 5.41) is 9.02. The summed E-state index contributed by atoms with van der Waals surface area (Å²) in [6.45, 7) is 3.99. The minimum atomic E-state index is -4.77. The Morgan fingerprint density at radius 1 is 1.11 bits per heavy atom.